The Bertz CT molecular complexity index is 540. The highest BCUT2D eigenvalue weighted by Crippen LogP contribution is 2.21. The summed E-state index contributed by atoms with van der Waals surface area (Å²) < 4.78 is 0. The van der Waals surface area contributed by atoms with E-state index in [0.29, 0.717) is 6.04 Å². The van der Waals surface area contributed by atoms with Gasteiger partial charge in [-0.2, -0.15) is 0 Å². The molecule has 0 amide bonds. The van der Waals surface area contributed by atoms with E-state index < -0.39 is 0 Å². The molecule has 0 aliphatic heterocycles. The first-order valence-corrected chi connectivity index (χ1v) is 7.02. The van der Waals surface area contributed by atoms with Crippen LogP contribution < -0.4 is 5.32 Å². The first-order valence-electron chi connectivity index (χ1n) is 7.02. The first-order chi connectivity index (χ1) is 9.10. The van der Waals surface area contributed by atoms with E-state index in [9.17, 15) is 0 Å². The smallest absolute Gasteiger partial charge is 0.0485 e. The topological polar surface area (TPSA) is 12.0 Å². The molecule has 0 aliphatic carbocycles. The number of hydrogen-bond acceptors (Lipinski definition) is 1. The van der Waals surface area contributed by atoms with Gasteiger partial charge in [0.2, 0.25) is 0 Å². The van der Waals surface area contributed by atoms with Crippen LogP contribution in [0.2, 0.25) is 0 Å². The maximum Gasteiger partial charge on any atom is 0.0485 e. The monoisotopic (exact) mass is 253 g/mol. The van der Waals surface area contributed by atoms with Crippen molar-refractivity contribution in [2.24, 2.45) is 0 Å². The van der Waals surface area contributed by atoms with Crippen LogP contribution >= 0.6 is 0 Å². The summed E-state index contributed by atoms with van der Waals surface area (Å²) in [4.78, 5) is 0. The molecule has 0 fully saturated rings. The molecule has 0 radical (unpaired) electrons. The number of benzene rings is 2. The molecule has 0 saturated carbocycles. The Hall–Kier alpha value is -1.76. The molecular weight excluding hydrogens is 230 g/mol. The van der Waals surface area contributed by atoms with Gasteiger partial charge in [0.15, 0.2) is 0 Å². The van der Waals surface area contributed by atoms with Gasteiger partial charge in [0.25, 0.3) is 0 Å². The van der Waals surface area contributed by atoms with Crippen molar-refractivity contribution in [2.75, 3.05) is 5.32 Å². The predicted octanol–water partition coefficient (Wildman–Crippen LogP) is 5.04. The zero-order valence-corrected chi connectivity index (χ0v) is 12.3. The molecule has 0 aliphatic rings. The molecule has 1 nitrogen and oxygen atoms in total. The average Bonchev–Trinajstić information content (AvgIpc) is 2.42. The molecule has 19 heavy (non-hydrogen) atoms. The van der Waals surface area contributed by atoms with Gasteiger partial charge in [0.1, 0.15) is 0 Å². The fourth-order valence-corrected chi connectivity index (χ4v) is 2.20. The minimum Gasteiger partial charge on any atom is -0.379 e. The minimum absolute atomic E-state index is 0.326. The van der Waals surface area contributed by atoms with Crippen molar-refractivity contribution in [3.63, 3.8) is 0 Å². The zero-order chi connectivity index (χ0) is 13.8. The summed E-state index contributed by atoms with van der Waals surface area (Å²) in [6.07, 6.45) is 1.09. The maximum atomic E-state index is 3.56. The van der Waals surface area contributed by atoms with E-state index in [0.717, 1.165) is 6.42 Å². The quantitative estimate of drug-likeness (QED) is 0.805. The summed E-state index contributed by atoms with van der Waals surface area (Å²) in [6, 6.07) is 15.7. The number of rotatable bonds is 4. The lowest BCUT2D eigenvalue weighted by molar-refractivity contribution is 0.881. The third-order valence-electron chi connectivity index (χ3n) is 3.78. The van der Waals surface area contributed by atoms with Gasteiger partial charge in [-0.25, -0.2) is 0 Å². The molecule has 0 saturated heterocycles. The Morgan fingerprint density at radius 3 is 2.21 bits per heavy atom. The molecular formula is C18H23N. The van der Waals surface area contributed by atoms with Crippen LogP contribution in [0.3, 0.4) is 0 Å². The Morgan fingerprint density at radius 1 is 0.947 bits per heavy atom. The third-order valence-corrected chi connectivity index (χ3v) is 3.78. The SMILES string of the molecule is CCc1ccc(NC(C)c2ccc(C)c(C)c2)cc1. The van der Waals surface area contributed by atoms with E-state index in [1.807, 2.05) is 0 Å². The molecule has 100 valence electrons. The van der Waals surface area contributed by atoms with Crippen LogP contribution in [0, 0.1) is 13.8 Å². The molecule has 2 rings (SSSR count). The third kappa shape index (κ3) is 3.37. The second kappa shape index (κ2) is 5.92. The molecule has 1 atom stereocenters. The van der Waals surface area contributed by atoms with E-state index in [1.54, 1.807) is 0 Å². The summed E-state index contributed by atoms with van der Waals surface area (Å²) >= 11 is 0. The number of anilines is 1. The van der Waals surface area contributed by atoms with Crippen molar-refractivity contribution in [1.82, 2.24) is 0 Å². The summed E-state index contributed by atoms with van der Waals surface area (Å²) in [6.45, 7) is 8.71. The lowest BCUT2D eigenvalue weighted by Gasteiger charge is -2.17. The molecule has 0 heterocycles. The largest absolute Gasteiger partial charge is 0.379 e. The number of aryl methyl sites for hydroxylation is 3. The van der Waals surface area contributed by atoms with Gasteiger partial charge in [-0.15, -0.1) is 0 Å². The summed E-state index contributed by atoms with van der Waals surface area (Å²) in [5.74, 6) is 0. The van der Waals surface area contributed by atoms with Crippen molar-refractivity contribution in [1.29, 1.82) is 0 Å². The second-order valence-corrected chi connectivity index (χ2v) is 5.26. The molecule has 0 bridgehead atoms. The van der Waals surface area contributed by atoms with Gasteiger partial charge < -0.3 is 5.32 Å². The fourth-order valence-electron chi connectivity index (χ4n) is 2.20. The van der Waals surface area contributed by atoms with Crippen LogP contribution in [0.1, 0.15) is 42.1 Å². The lowest BCUT2D eigenvalue weighted by atomic mass is 10.0. The number of hydrogen-bond donors (Lipinski definition) is 1. The van der Waals surface area contributed by atoms with Crippen LogP contribution in [0.5, 0.6) is 0 Å². The van der Waals surface area contributed by atoms with Crippen LogP contribution in [0.25, 0.3) is 0 Å². The van der Waals surface area contributed by atoms with E-state index in [2.05, 4.69) is 75.5 Å². The van der Waals surface area contributed by atoms with Crippen LogP contribution in [0.4, 0.5) is 5.69 Å². The molecule has 1 unspecified atom stereocenters. The van der Waals surface area contributed by atoms with E-state index in [4.69, 9.17) is 0 Å². The summed E-state index contributed by atoms with van der Waals surface area (Å²) in [5, 5.41) is 3.56. The maximum absolute atomic E-state index is 3.56. The summed E-state index contributed by atoms with van der Waals surface area (Å²) in [5.41, 5.74) is 6.60. The Balaban J connectivity index is 2.10. The van der Waals surface area contributed by atoms with Crippen molar-refractivity contribution in [3.05, 3.63) is 64.7 Å². The standard InChI is InChI=1S/C18H23N/c1-5-16-7-10-18(11-8-16)19-15(4)17-9-6-13(2)14(3)12-17/h6-12,15,19H,5H2,1-4H3. The Morgan fingerprint density at radius 2 is 1.63 bits per heavy atom. The van der Waals surface area contributed by atoms with Gasteiger partial charge in [-0.3, -0.25) is 0 Å². The highest BCUT2D eigenvalue weighted by molar-refractivity contribution is 5.47. The molecule has 2 aromatic rings. The summed E-state index contributed by atoms with van der Waals surface area (Å²) in [7, 11) is 0. The van der Waals surface area contributed by atoms with Crippen LogP contribution in [-0.4, -0.2) is 0 Å². The molecule has 1 N–H and O–H groups in total. The predicted molar refractivity (Wildman–Crippen MR) is 83.8 cm³/mol. The van der Waals surface area contributed by atoms with Gasteiger partial charge >= 0.3 is 0 Å². The van der Waals surface area contributed by atoms with Crippen LogP contribution in [-0.2, 0) is 6.42 Å². The fraction of sp³-hybridized carbons (Fsp3) is 0.333. The van der Waals surface area contributed by atoms with Crippen molar-refractivity contribution in [3.8, 4) is 0 Å². The lowest BCUT2D eigenvalue weighted by Crippen LogP contribution is -2.07. The van der Waals surface area contributed by atoms with Crippen LogP contribution in [0.15, 0.2) is 42.5 Å². The second-order valence-electron chi connectivity index (χ2n) is 5.26. The van der Waals surface area contributed by atoms with Crippen molar-refractivity contribution in [2.45, 2.75) is 40.2 Å². The van der Waals surface area contributed by atoms with E-state index in [1.165, 1.54) is 27.9 Å². The van der Waals surface area contributed by atoms with E-state index in [-0.39, 0.29) is 0 Å². The average molecular weight is 253 g/mol. The molecule has 2 aromatic carbocycles. The highest BCUT2D eigenvalue weighted by atomic mass is 14.9. The van der Waals surface area contributed by atoms with Gasteiger partial charge in [-0.05, 0) is 61.6 Å². The first kappa shape index (κ1) is 13.7. The number of nitrogens with one attached hydrogen (secondary N) is 1. The van der Waals surface area contributed by atoms with Crippen molar-refractivity contribution >= 4 is 5.69 Å². The molecule has 0 spiro atoms. The molecule has 1 heteroatoms. The Labute approximate surface area is 116 Å². The van der Waals surface area contributed by atoms with Gasteiger partial charge in [-0.1, -0.05) is 37.3 Å². The van der Waals surface area contributed by atoms with Crippen molar-refractivity contribution < 1.29 is 0 Å². The minimum atomic E-state index is 0.326. The Kier molecular flexibility index (Phi) is 4.26. The zero-order valence-electron chi connectivity index (χ0n) is 12.3. The highest BCUT2D eigenvalue weighted by Gasteiger charge is 2.06. The van der Waals surface area contributed by atoms with Gasteiger partial charge in [0, 0.05) is 11.7 Å². The molecule has 0 aromatic heterocycles. The normalized spacial score (nSPS) is 12.2. The van der Waals surface area contributed by atoms with Gasteiger partial charge in [0.05, 0.1) is 0 Å². The van der Waals surface area contributed by atoms with E-state index >= 15 is 0 Å².